The van der Waals surface area contributed by atoms with Crippen LogP contribution in [0.2, 0.25) is 5.02 Å². The quantitative estimate of drug-likeness (QED) is 0.195. The van der Waals surface area contributed by atoms with E-state index in [-0.39, 0.29) is 31.3 Å². The predicted molar refractivity (Wildman–Crippen MR) is 147 cm³/mol. The van der Waals surface area contributed by atoms with Crippen LogP contribution in [0.15, 0.2) is 24.3 Å². The molecule has 1 aliphatic heterocycles. The van der Waals surface area contributed by atoms with Gasteiger partial charge in [0.25, 0.3) is 0 Å². The summed E-state index contributed by atoms with van der Waals surface area (Å²) in [4.78, 5) is 49.9. The topological polar surface area (TPSA) is 177 Å². The molecule has 40 heavy (non-hydrogen) atoms. The Morgan fingerprint density at radius 2 is 1.90 bits per heavy atom. The van der Waals surface area contributed by atoms with E-state index in [0.29, 0.717) is 18.0 Å². The van der Waals surface area contributed by atoms with Gasteiger partial charge in [0.1, 0.15) is 12.6 Å². The molecule has 1 fully saturated rings. The van der Waals surface area contributed by atoms with Crippen LogP contribution in [0.5, 0.6) is 0 Å². The van der Waals surface area contributed by atoms with Crippen LogP contribution in [0.4, 0.5) is 4.79 Å². The second-order valence-corrected chi connectivity index (χ2v) is 12.8. The summed E-state index contributed by atoms with van der Waals surface area (Å²) in [5.74, 6) is -2.95. The van der Waals surface area contributed by atoms with Gasteiger partial charge < -0.3 is 25.4 Å². The Morgan fingerprint density at radius 3 is 2.42 bits per heavy atom. The van der Waals surface area contributed by atoms with Gasteiger partial charge in [-0.2, -0.15) is 8.42 Å². The molecule has 2 rings (SSSR count). The van der Waals surface area contributed by atoms with Gasteiger partial charge >= 0.3 is 22.2 Å². The first-order valence-corrected chi connectivity index (χ1v) is 14.8. The number of alkyl carbamates (subject to hydrolysis) is 1. The van der Waals surface area contributed by atoms with Gasteiger partial charge in [0.15, 0.2) is 0 Å². The molecular weight excluding hydrogens is 566 g/mol. The standard InChI is InChI=1S/C26H38ClN3O9S/c1-15(2)11-20(30-25(34)38-14-26(4,5)18-7-6-8-19(27)13-18)23(33)29-21(12-17-9-10-28-22(17)32)24(39-16(3)31)40(35,36)37/h6-8,13,15,17,20-21,24H,9-12,14H2,1-5H3,(H,28,32)(H,29,33)(H,30,34)(H,35,36,37)/t17-,20-,21-,24?/m0/s1. The number of esters is 1. The monoisotopic (exact) mass is 603 g/mol. The van der Waals surface area contributed by atoms with Gasteiger partial charge in [0, 0.05) is 29.8 Å². The minimum Gasteiger partial charge on any atom is -0.449 e. The molecule has 4 atom stereocenters. The van der Waals surface area contributed by atoms with Gasteiger partial charge in [-0.3, -0.25) is 18.9 Å². The fourth-order valence-corrected chi connectivity index (χ4v) is 5.38. The summed E-state index contributed by atoms with van der Waals surface area (Å²) < 4.78 is 44.3. The first-order valence-electron chi connectivity index (χ1n) is 12.9. The maximum Gasteiger partial charge on any atom is 0.407 e. The minimum absolute atomic E-state index is 0.0358. The summed E-state index contributed by atoms with van der Waals surface area (Å²) in [6.07, 6.45) is -0.610. The molecule has 12 nitrogen and oxygen atoms in total. The number of amides is 3. The second kappa shape index (κ2) is 14.1. The van der Waals surface area contributed by atoms with E-state index in [1.165, 1.54) is 0 Å². The van der Waals surface area contributed by atoms with Crippen LogP contribution >= 0.6 is 11.6 Å². The highest BCUT2D eigenvalue weighted by Crippen LogP contribution is 2.26. The average molecular weight is 604 g/mol. The smallest absolute Gasteiger partial charge is 0.407 e. The van der Waals surface area contributed by atoms with Crippen molar-refractivity contribution in [3.63, 3.8) is 0 Å². The van der Waals surface area contributed by atoms with Crippen molar-refractivity contribution in [3.8, 4) is 0 Å². The zero-order valence-corrected chi connectivity index (χ0v) is 24.8. The van der Waals surface area contributed by atoms with Crippen LogP contribution < -0.4 is 16.0 Å². The van der Waals surface area contributed by atoms with Crippen LogP contribution in [0.25, 0.3) is 0 Å². The molecule has 0 aromatic heterocycles. The Labute approximate surface area is 239 Å². The number of hydrogen-bond donors (Lipinski definition) is 4. The summed E-state index contributed by atoms with van der Waals surface area (Å²) in [7, 11) is -5.00. The fourth-order valence-electron chi connectivity index (χ4n) is 4.34. The molecule has 3 amide bonds. The van der Waals surface area contributed by atoms with Crippen LogP contribution in [-0.2, 0) is 39.4 Å². The number of hydrogen-bond acceptors (Lipinski definition) is 8. The molecule has 1 heterocycles. The number of carbonyl (C=O) groups is 4. The zero-order valence-electron chi connectivity index (χ0n) is 23.2. The summed E-state index contributed by atoms with van der Waals surface area (Å²) in [5.41, 5.74) is -1.92. The van der Waals surface area contributed by atoms with Crippen molar-refractivity contribution in [2.24, 2.45) is 11.8 Å². The van der Waals surface area contributed by atoms with Crippen LogP contribution in [0.3, 0.4) is 0 Å². The molecular formula is C26H38ClN3O9S. The summed E-state index contributed by atoms with van der Waals surface area (Å²) >= 11 is 6.08. The molecule has 224 valence electrons. The summed E-state index contributed by atoms with van der Waals surface area (Å²) in [6, 6.07) is 4.48. The number of ether oxygens (including phenoxy) is 2. The highest BCUT2D eigenvalue weighted by Gasteiger charge is 2.41. The normalized spacial score (nSPS) is 17.9. The molecule has 1 aromatic rings. The Balaban J connectivity index is 2.20. The first-order chi connectivity index (χ1) is 18.5. The largest absolute Gasteiger partial charge is 0.449 e. The lowest BCUT2D eigenvalue weighted by molar-refractivity contribution is -0.145. The fraction of sp³-hybridized carbons (Fsp3) is 0.615. The number of halogens is 1. The Morgan fingerprint density at radius 1 is 1.23 bits per heavy atom. The Hall–Kier alpha value is -2.90. The Bertz CT molecular complexity index is 1190. The number of nitrogens with one attached hydrogen (secondary N) is 3. The van der Waals surface area contributed by atoms with Crippen molar-refractivity contribution in [2.45, 2.75) is 76.8 Å². The summed E-state index contributed by atoms with van der Waals surface area (Å²) in [6.45, 7) is 8.61. The first kappa shape index (κ1) is 33.3. The van der Waals surface area contributed by atoms with Crippen molar-refractivity contribution in [1.29, 1.82) is 0 Å². The lowest BCUT2D eigenvalue weighted by Crippen LogP contribution is -2.55. The molecule has 0 saturated carbocycles. The highest BCUT2D eigenvalue weighted by atomic mass is 35.5. The summed E-state index contributed by atoms with van der Waals surface area (Å²) in [5, 5.41) is 8.13. The maximum absolute atomic E-state index is 13.3. The molecule has 4 N–H and O–H groups in total. The van der Waals surface area contributed by atoms with E-state index in [2.05, 4.69) is 16.0 Å². The van der Waals surface area contributed by atoms with E-state index in [1.807, 2.05) is 33.8 Å². The molecule has 0 aliphatic carbocycles. The van der Waals surface area contributed by atoms with E-state index in [0.717, 1.165) is 12.5 Å². The predicted octanol–water partition coefficient (Wildman–Crippen LogP) is 2.55. The van der Waals surface area contributed by atoms with Crippen molar-refractivity contribution in [2.75, 3.05) is 13.2 Å². The number of carbonyl (C=O) groups excluding carboxylic acids is 4. The van der Waals surface area contributed by atoms with E-state index >= 15 is 0 Å². The third-order valence-corrected chi connectivity index (χ3v) is 7.67. The number of rotatable bonds is 13. The second-order valence-electron chi connectivity index (χ2n) is 10.9. The van der Waals surface area contributed by atoms with Crippen molar-refractivity contribution in [1.82, 2.24) is 16.0 Å². The average Bonchev–Trinajstić information content (AvgIpc) is 3.23. The third kappa shape index (κ3) is 10.3. The van der Waals surface area contributed by atoms with Crippen molar-refractivity contribution in [3.05, 3.63) is 34.9 Å². The van der Waals surface area contributed by atoms with Gasteiger partial charge in [-0.1, -0.05) is 51.4 Å². The lowest BCUT2D eigenvalue weighted by Gasteiger charge is -2.29. The van der Waals surface area contributed by atoms with Crippen molar-refractivity contribution >= 4 is 45.6 Å². The van der Waals surface area contributed by atoms with Gasteiger partial charge in [0.05, 0.1) is 6.04 Å². The van der Waals surface area contributed by atoms with E-state index < -0.39 is 56.9 Å². The molecule has 1 aliphatic rings. The van der Waals surface area contributed by atoms with E-state index in [4.69, 9.17) is 21.1 Å². The molecule has 0 bridgehead atoms. The Kier molecular flexibility index (Phi) is 11.8. The van der Waals surface area contributed by atoms with Crippen LogP contribution in [0, 0.1) is 11.8 Å². The third-order valence-electron chi connectivity index (χ3n) is 6.42. The van der Waals surface area contributed by atoms with Gasteiger partial charge in [0.2, 0.25) is 17.3 Å². The molecule has 1 unspecified atom stereocenters. The van der Waals surface area contributed by atoms with Crippen LogP contribution in [-0.4, -0.2) is 67.5 Å². The van der Waals surface area contributed by atoms with E-state index in [9.17, 15) is 32.1 Å². The highest BCUT2D eigenvalue weighted by molar-refractivity contribution is 7.86. The van der Waals surface area contributed by atoms with Crippen molar-refractivity contribution < 1.29 is 41.6 Å². The van der Waals surface area contributed by atoms with Gasteiger partial charge in [-0.15, -0.1) is 0 Å². The van der Waals surface area contributed by atoms with Gasteiger partial charge in [-0.05, 0) is 42.9 Å². The SMILES string of the molecule is CC(=O)OC([C@H](C[C@@H]1CCNC1=O)NC(=O)[C@H](CC(C)C)NC(=O)OCC(C)(C)c1cccc(Cl)c1)S(=O)(=O)O. The minimum atomic E-state index is -5.00. The zero-order chi connectivity index (χ0) is 30.3. The maximum atomic E-state index is 13.3. The van der Waals surface area contributed by atoms with Crippen LogP contribution in [0.1, 0.15) is 59.4 Å². The molecule has 14 heteroatoms. The lowest BCUT2D eigenvalue weighted by atomic mass is 9.86. The molecule has 0 radical (unpaired) electrons. The van der Waals surface area contributed by atoms with Gasteiger partial charge in [-0.25, -0.2) is 4.79 Å². The van der Waals surface area contributed by atoms with E-state index in [1.54, 1.807) is 18.2 Å². The number of benzene rings is 1. The molecule has 1 saturated heterocycles. The molecule has 1 aromatic carbocycles. The molecule has 0 spiro atoms.